The zero-order valence-corrected chi connectivity index (χ0v) is 18.3. The maximum Gasteiger partial charge on any atom is 0.270 e. The number of pyridine rings is 1. The SMILES string of the molecule is O=C(NCc1cn(CCNc2nonc2C(=NCc2ccc(F)cc2)NO)nn1)c1ccccn1. The summed E-state index contributed by atoms with van der Waals surface area (Å²) in [6.45, 7) is 1.17. The number of nitrogens with zero attached hydrogens (tertiary/aromatic N) is 7. The highest BCUT2D eigenvalue weighted by atomic mass is 19.1. The molecule has 4 N–H and O–H groups in total. The number of hydroxylamine groups is 1. The molecule has 0 aliphatic rings. The molecule has 0 atom stereocenters. The molecular formula is C21H21FN10O3. The second-order valence-corrected chi connectivity index (χ2v) is 7.16. The Morgan fingerprint density at radius 3 is 2.80 bits per heavy atom. The van der Waals surface area contributed by atoms with Crippen LogP contribution in [0.15, 0.2) is 64.5 Å². The molecular weight excluding hydrogens is 459 g/mol. The van der Waals surface area contributed by atoms with E-state index in [1.807, 2.05) is 5.48 Å². The number of hydrogen-bond donors (Lipinski definition) is 4. The molecule has 4 rings (SSSR count). The molecule has 0 saturated heterocycles. The van der Waals surface area contributed by atoms with Gasteiger partial charge in [0.1, 0.15) is 17.2 Å². The highest BCUT2D eigenvalue weighted by Gasteiger charge is 2.16. The quantitative estimate of drug-likeness (QED) is 0.147. The van der Waals surface area contributed by atoms with Crippen LogP contribution in [0.25, 0.3) is 0 Å². The number of benzene rings is 1. The maximum atomic E-state index is 13.0. The van der Waals surface area contributed by atoms with Gasteiger partial charge in [0.05, 0.1) is 25.8 Å². The van der Waals surface area contributed by atoms with Gasteiger partial charge in [-0.2, -0.15) is 0 Å². The molecule has 0 unspecified atom stereocenters. The molecule has 180 valence electrons. The number of rotatable bonds is 10. The van der Waals surface area contributed by atoms with Gasteiger partial charge in [-0.05, 0) is 40.1 Å². The molecule has 14 heteroatoms. The van der Waals surface area contributed by atoms with Gasteiger partial charge in [-0.15, -0.1) is 5.10 Å². The van der Waals surface area contributed by atoms with Crippen LogP contribution in [0.1, 0.15) is 27.4 Å². The van der Waals surface area contributed by atoms with Crippen molar-refractivity contribution in [2.75, 3.05) is 11.9 Å². The third kappa shape index (κ3) is 6.42. The predicted octanol–water partition coefficient (Wildman–Crippen LogP) is 1.16. The highest BCUT2D eigenvalue weighted by Crippen LogP contribution is 2.11. The highest BCUT2D eigenvalue weighted by molar-refractivity contribution is 6.00. The lowest BCUT2D eigenvalue weighted by Crippen LogP contribution is -2.23. The molecule has 0 bridgehead atoms. The van der Waals surface area contributed by atoms with E-state index in [9.17, 15) is 14.4 Å². The average Bonchev–Trinajstić information content (AvgIpc) is 3.54. The maximum absolute atomic E-state index is 13.0. The van der Waals surface area contributed by atoms with Crippen LogP contribution >= 0.6 is 0 Å². The van der Waals surface area contributed by atoms with Gasteiger partial charge in [0, 0.05) is 12.7 Å². The van der Waals surface area contributed by atoms with Gasteiger partial charge >= 0.3 is 0 Å². The predicted molar refractivity (Wildman–Crippen MR) is 120 cm³/mol. The minimum absolute atomic E-state index is 0.0322. The van der Waals surface area contributed by atoms with E-state index in [0.717, 1.165) is 5.56 Å². The Hall–Kier alpha value is -4.72. The van der Waals surface area contributed by atoms with Crippen LogP contribution in [0.3, 0.4) is 0 Å². The van der Waals surface area contributed by atoms with E-state index in [0.29, 0.717) is 24.5 Å². The number of carbonyl (C=O) groups is 1. The first-order chi connectivity index (χ1) is 17.1. The Bertz CT molecular complexity index is 1270. The van der Waals surface area contributed by atoms with Crippen molar-refractivity contribution in [3.8, 4) is 0 Å². The van der Waals surface area contributed by atoms with E-state index >= 15 is 0 Å². The van der Waals surface area contributed by atoms with Crippen molar-refractivity contribution in [2.24, 2.45) is 4.99 Å². The molecule has 3 heterocycles. The summed E-state index contributed by atoms with van der Waals surface area (Å²) in [5.41, 5.74) is 3.79. The first kappa shape index (κ1) is 23.4. The molecule has 13 nitrogen and oxygen atoms in total. The zero-order chi connectivity index (χ0) is 24.5. The van der Waals surface area contributed by atoms with Crippen molar-refractivity contribution in [3.63, 3.8) is 0 Å². The van der Waals surface area contributed by atoms with E-state index in [1.54, 1.807) is 47.4 Å². The molecule has 0 aliphatic heterocycles. The van der Waals surface area contributed by atoms with E-state index in [2.05, 4.69) is 41.2 Å². The number of carbonyl (C=O) groups excluding carboxylic acids is 1. The van der Waals surface area contributed by atoms with Gasteiger partial charge in [-0.25, -0.2) is 9.02 Å². The minimum Gasteiger partial charge on any atom is -0.363 e. The van der Waals surface area contributed by atoms with E-state index in [1.165, 1.54) is 12.1 Å². The summed E-state index contributed by atoms with van der Waals surface area (Å²) in [6.07, 6.45) is 3.25. The Morgan fingerprint density at radius 1 is 1.17 bits per heavy atom. The molecule has 1 amide bonds. The monoisotopic (exact) mass is 480 g/mol. The summed E-state index contributed by atoms with van der Waals surface area (Å²) in [6, 6.07) is 10.9. The summed E-state index contributed by atoms with van der Waals surface area (Å²) in [7, 11) is 0. The second-order valence-electron chi connectivity index (χ2n) is 7.16. The first-order valence-corrected chi connectivity index (χ1v) is 10.5. The van der Waals surface area contributed by atoms with Crippen molar-refractivity contribution in [2.45, 2.75) is 19.6 Å². The molecule has 0 spiro atoms. The number of halogens is 1. The van der Waals surface area contributed by atoms with Crippen molar-refractivity contribution < 1.29 is 19.0 Å². The normalized spacial score (nSPS) is 11.3. The third-order valence-electron chi connectivity index (χ3n) is 4.70. The summed E-state index contributed by atoms with van der Waals surface area (Å²) < 4.78 is 19.4. The molecule has 0 fully saturated rings. The number of hydrogen-bond acceptors (Lipinski definition) is 10. The lowest BCUT2D eigenvalue weighted by atomic mass is 10.2. The number of aromatic nitrogens is 6. The fourth-order valence-electron chi connectivity index (χ4n) is 2.96. The fraction of sp³-hybridized carbons (Fsp3) is 0.190. The number of nitrogens with one attached hydrogen (secondary N) is 3. The summed E-state index contributed by atoms with van der Waals surface area (Å²) in [5, 5.41) is 30.9. The van der Waals surface area contributed by atoms with Crippen molar-refractivity contribution >= 4 is 17.6 Å². The smallest absolute Gasteiger partial charge is 0.270 e. The molecule has 35 heavy (non-hydrogen) atoms. The van der Waals surface area contributed by atoms with Gasteiger partial charge in [-0.3, -0.25) is 30.1 Å². The van der Waals surface area contributed by atoms with E-state index in [4.69, 9.17) is 4.63 Å². The summed E-state index contributed by atoms with van der Waals surface area (Å²) in [5.74, 6) is -0.362. The summed E-state index contributed by atoms with van der Waals surface area (Å²) >= 11 is 0. The Kier molecular flexibility index (Phi) is 7.65. The van der Waals surface area contributed by atoms with Gasteiger partial charge in [0.2, 0.25) is 5.82 Å². The van der Waals surface area contributed by atoms with Gasteiger partial charge in [0.25, 0.3) is 5.91 Å². The molecule has 1 aromatic carbocycles. The van der Waals surface area contributed by atoms with Crippen LogP contribution in [0.5, 0.6) is 0 Å². The number of aliphatic imine (C=N–C) groups is 1. The van der Waals surface area contributed by atoms with Gasteiger partial charge in [-0.1, -0.05) is 23.4 Å². The number of amidine groups is 1. The second kappa shape index (κ2) is 11.4. The molecule has 0 aliphatic carbocycles. The fourth-order valence-corrected chi connectivity index (χ4v) is 2.96. The lowest BCUT2D eigenvalue weighted by molar-refractivity contribution is 0.0945. The topological polar surface area (TPSA) is 168 Å². The van der Waals surface area contributed by atoms with Gasteiger partial charge in [0.15, 0.2) is 11.5 Å². The Labute approximate surface area is 198 Å². The minimum atomic E-state index is -0.348. The standard InChI is InChI=1S/C21H21FN10O3/c22-15-6-4-14(5-7-15)11-25-19(28-34)18-20(30-35-29-18)24-9-10-32-13-16(27-31-32)12-26-21(33)17-3-1-2-8-23-17/h1-8,13,34H,9-12H2,(H,24,30)(H,25,28)(H,26,33). The third-order valence-corrected chi connectivity index (χ3v) is 4.70. The average molecular weight is 480 g/mol. The van der Waals surface area contributed by atoms with Crippen LogP contribution in [0.2, 0.25) is 0 Å². The summed E-state index contributed by atoms with van der Waals surface area (Å²) in [4.78, 5) is 20.3. The van der Waals surface area contributed by atoms with Crippen molar-refractivity contribution in [1.82, 2.24) is 41.1 Å². The van der Waals surface area contributed by atoms with Crippen LogP contribution in [0.4, 0.5) is 10.2 Å². The van der Waals surface area contributed by atoms with Crippen LogP contribution in [-0.4, -0.2) is 53.8 Å². The molecule has 0 saturated carbocycles. The molecule has 3 aromatic heterocycles. The zero-order valence-electron chi connectivity index (χ0n) is 18.3. The molecule has 4 aromatic rings. The number of amides is 1. The van der Waals surface area contributed by atoms with Crippen LogP contribution in [-0.2, 0) is 19.6 Å². The first-order valence-electron chi connectivity index (χ1n) is 10.5. The Morgan fingerprint density at radius 2 is 2.03 bits per heavy atom. The van der Waals surface area contributed by atoms with Gasteiger partial charge < -0.3 is 10.6 Å². The van der Waals surface area contributed by atoms with Crippen LogP contribution in [0, 0.1) is 5.82 Å². The lowest BCUT2D eigenvalue weighted by Gasteiger charge is -2.06. The van der Waals surface area contributed by atoms with E-state index in [-0.39, 0.29) is 42.2 Å². The van der Waals surface area contributed by atoms with E-state index < -0.39 is 0 Å². The van der Waals surface area contributed by atoms with Crippen LogP contribution < -0.4 is 16.1 Å². The Balaban J connectivity index is 1.28. The largest absolute Gasteiger partial charge is 0.363 e. The van der Waals surface area contributed by atoms with Crippen molar-refractivity contribution in [3.05, 3.63) is 83.3 Å². The van der Waals surface area contributed by atoms with Crippen molar-refractivity contribution in [1.29, 1.82) is 0 Å². The molecule has 0 radical (unpaired) electrons. The number of anilines is 1.